The van der Waals surface area contributed by atoms with Gasteiger partial charge in [-0.1, -0.05) is 72.8 Å². The van der Waals surface area contributed by atoms with E-state index < -0.39 is 0 Å². The molecule has 6 aromatic heterocycles. The Morgan fingerprint density at radius 1 is 0.208 bits per heavy atom. The maximum Gasteiger partial charge on any atom is 0.244 e. The SMILES string of the molecule is Cn1c[n+](C)c2ccccc21.Cn1c[n+](C)c2ccccc21.Cn1c[n+](C)c2ccccc21.Cn1c[n+](C)c2ccccc21.Cn1c[n+](C)c2ccccc21.Cn1c[n+](C)c2ccccc21.[I-].[I-].[I-].[I-].[I-].[I-]. The van der Waals surface area contributed by atoms with Gasteiger partial charge in [-0.05, 0) is 72.8 Å². The molecule has 0 amide bonds. The molecule has 0 aliphatic heterocycles. The number of fused-ring (bicyclic) bond motifs is 6. The predicted octanol–water partition coefficient (Wildman–Crippen LogP) is -12.0. The zero-order valence-corrected chi connectivity index (χ0v) is 55.9. The number of para-hydroxylation sites is 12. The molecule has 18 heteroatoms. The molecule has 0 bridgehead atoms. The van der Waals surface area contributed by atoms with Crippen LogP contribution in [0, 0.1) is 0 Å². The Kier molecular flexibility index (Phi) is 28.4. The van der Waals surface area contributed by atoms with Crippen molar-refractivity contribution in [2.45, 2.75) is 0 Å². The van der Waals surface area contributed by atoms with Crippen molar-refractivity contribution in [1.82, 2.24) is 27.4 Å². The van der Waals surface area contributed by atoms with Crippen LogP contribution in [0.5, 0.6) is 0 Å². The van der Waals surface area contributed by atoms with E-state index in [1.807, 2.05) is 0 Å². The summed E-state index contributed by atoms with van der Waals surface area (Å²) in [5.41, 5.74) is 15.3. The molecule has 6 aromatic carbocycles. The van der Waals surface area contributed by atoms with Crippen LogP contribution in [0.4, 0.5) is 0 Å². The number of nitrogens with zero attached hydrogens (tertiary/aromatic N) is 12. The summed E-state index contributed by atoms with van der Waals surface area (Å²) < 4.78 is 25.4. The molecule has 0 atom stereocenters. The van der Waals surface area contributed by atoms with Gasteiger partial charge in [-0.2, -0.15) is 0 Å². The molecule has 0 saturated carbocycles. The summed E-state index contributed by atoms with van der Waals surface area (Å²) in [5.74, 6) is 0. The molecule has 0 aliphatic rings. The van der Waals surface area contributed by atoms with Gasteiger partial charge >= 0.3 is 0 Å². The summed E-state index contributed by atoms with van der Waals surface area (Å²) >= 11 is 0. The molecule has 0 fully saturated rings. The molecule has 0 radical (unpaired) electrons. The molecule has 72 heavy (non-hydrogen) atoms. The van der Waals surface area contributed by atoms with E-state index in [9.17, 15) is 0 Å². The number of aryl methyl sites for hydroxylation is 12. The summed E-state index contributed by atoms with van der Waals surface area (Å²) in [6, 6.07) is 50.1. The van der Waals surface area contributed by atoms with E-state index in [0.717, 1.165) is 0 Å². The van der Waals surface area contributed by atoms with Gasteiger partial charge in [0.05, 0.1) is 84.6 Å². The van der Waals surface area contributed by atoms with Crippen LogP contribution in [0.15, 0.2) is 184 Å². The minimum absolute atomic E-state index is 0. The molecule has 0 unspecified atom stereocenters. The van der Waals surface area contributed by atoms with Crippen LogP contribution in [0.1, 0.15) is 0 Å². The van der Waals surface area contributed by atoms with E-state index in [1.54, 1.807) is 0 Å². The highest BCUT2D eigenvalue weighted by atomic mass is 127. The molecule has 12 aromatic rings. The van der Waals surface area contributed by atoms with E-state index in [2.05, 4.69) is 323 Å². The summed E-state index contributed by atoms with van der Waals surface area (Å²) in [7, 11) is 24.7. The average Bonchev–Trinajstić information content (AvgIpc) is 4.13. The molecule has 12 rings (SSSR count). The fourth-order valence-electron chi connectivity index (χ4n) is 8.67. The van der Waals surface area contributed by atoms with Crippen molar-refractivity contribution >= 4 is 66.2 Å². The standard InChI is InChI=1S/6C9H11N2.6HI/c6*1-10-7-11(2)9-6-4-3-5-8(9)10;;;;;;/h6*3-7H,1-2H3;6*1H/q6*+1;;;;;;/p-6. The normalized spacial score (nSPS) is 9.83. The van der Waals surface area contributed by atoms with E-state index in [1.165, 1.54) is 66.2 Å². The molecular formula is C54H66I6N12. The number of imidazole rings is 6. The zero-order chi connectivity index (χ0) is 47.1. The second kappa shape index (κ2) is 30.8. The van der Waals surface area contributed by atoms with Crippen LogP contribution in [0.2, 0.25) is 0 Å². The third kappa shape index (κ3) is 15.8. The van der Waals surface area contributed by atoms with Crippen LogP contribution in [-0.4, -0.2) is 27.4 Å². The van der Waals surface area contributed by atoms with E-state index >= 15 is 0 Å². The highest BCUT2D eigenvalue weighted by molar-refractivity contribution is 5.74. The van der Waals surface area contributed by atoms with Gasteiger partial charge in [0, 0.05) is 0 Å². The van der Waals surface area contributed by atoms with Crippen molar-refractivity contribution in [2.24, 2.45) is 84.6 Å². The molecule has 0 aliphatic carbocycles. The summed E-state index contributed by atoms with van der Waals surface area (Å²) in [5, 5.41) is 0. The third-order valence-corrected chi connectivity index (χ3v) is 11.9. The first-order chi connectivity index (χ1) is 31.7. The number of benzene rings is 6. The minimum atomic E-state index is 0. The monoisotopic (exact) mass is 1640 g/mol. The van der Waals surface area contributed by atoms with Gasteiger partial charge in [0.1, 0.15) is 0 Å². The van der Waals surface area contributed by atoms with Crippen LogP contribution in [0.25, 0.3) is 66.2 Å². The first-order valence-corrected chi connectivity index (χ1v) is 22.1. The van der Waals surface area contributed by atoms with Crippen molar-refractivity contribution in [1.29, 1.82) is 0 Å². The van der Waals surface area contributed by atoms with Gasteiger partial charge < -0.3 is 144 Å². The smallest absolute Gasteiger partial charge is 0.244 e. The van der Waals surface area contributed by atoms with Crippen molar-refractivity contribution < 1.29 is 171 Å². The largest absolute Gasteiger partial charge is 1.00 e. The van der Waals surface area contributed by atoms with Gasteiger partial charge in [-0.25, -0.2) is 54.8 Å². The van der Waals surface area contributed by atoms with Crippen LogP contribution >= 0.6 is 0 Å². The van der Waals surface area contributed by atoms with E-state index in [0.29, 0.717) is 0 Å². The number of halogens is 6. The quantitative estimate of drug-likeness (QED) is 0.107. The highest BCUT2D eigenvalue weighted by Crippen LogP contribution is 2.11. The Balaban J connectivity index is 0.000000425. The molecule has 6 heterocycles. The van der Waals surface area contributed by atoms with Gasteiger partial charge in [-0.15, -0.1) is 0 Å². The number of hydrogen-bond donors (Lipinski definition) is 0. The Morgan fingerprint density at radius 3 is 0.431 bits per heavy atom. The Morgan fingerprint density at radius 2 is 0.319 bits per heavy atom. The second-order valence-corrected chi connectivity index (χ2v) is 17.0. The maximum atomic E-state index is 2.12. The third-order valence-electron chi connectivity index (χ3n) is 11.9. The summed E-state index contributed by atoms with van der Waals surface area (Å²) in [6.45, 7) is 0. The van der Waals surface area contributed by atoms with Gasteiger partial charge in [0.2, 0.25) is 38.0 Å². The molecule has 0 N–H and O–H groups in total. The molecule has 0 saturated heterocycles. The number of hydrogen-bond acceptors (Lipinski definition) is 0. The van der Waals surface area contributed by atoms with Crippen molar-refractivity contribution in [3.8, 4) is 0 Å². The number of rotatable bonds is 0. The fraction of sp³-hybridized carbons (Fsp3) is 0.222. The average molecular weight is 1640 g/mol. The number of aromatic nitrogens is 12. The van der Waals surface area contributed by atoms with Crippen LogP contribution in [0.3, 0.4) is 0 Å². The maximum absolute atomic E-state index is 2.12. The minimum Gasteiger partial charge on any atom is -1.00 e. The Bertz CT molecular complexity index is 2740. The van der Waals surface area contributed by atoms with Crippen molar-refractivity contribution in [3.05, 3.63) is 184 Å². The van der Waals surface area contributed by atoms with Gasteiger partial charge in [0.15, 0.2) is 66.2 Å². The second-order valence-electron chi connectivity index (χ2n) is 17.0. The van der Waals surface area contributed by atoms with Crippen molar-refractivity contribution in [3.63, 3.8) is 0 Å². The Hall–Kier alpha value is -3.48. The highest BCUT2D eigenvalue weighted by Gasteiger charge is 2.11. The lowest BCUT2D eigenvalue weighted by molar-refractivity contribution is -0.645. The topological polar surface area (TPSA) is 52.9 Å². The molecule has 384 valence electrons. The summed E-state index contributed by atoms with van der Waals surface area (Å²) in [6.07, 6.45) is 12.4. The lowest BCUT2D eigenvalue weighted by Crippen LogP contribution is -3.00. The van der Waals surface area contributed by atoms with Gasteiger partial charge in [-0.3, -0.25) is 0 Å². The lowest BCUT2D eigenvalue weighted by Gasteiger charge is -1.84. The molecule has 12 nitrogen and oxygen atoms in total. The van der Waals surface area contributed by atoms with E-state index in [-0.39, 0.29) is 144 Å². The molecule has 0 spiro atoms. The Labute approximate surface area is 526 Å². The zero-order valence-electron chi connectivity index (χ0n) is 43.0. The first-order valence-electron chi connectivity index (χ1n) is 22.1. The van der Waals surface area contributed by atoms with Crippen LogP contribution in [-0.2, 0) is 84.6 Å². The first kappa shape index (κ1) is 66.5. The lowest BCUT2D eigenvalue weighted by atomic mass is 10.3. The van der Waals surface area contributed by atoms with Crippen LogP contribution < -0.4 is 171 Å². The fourth-order valence-corrected chi connectivity index (χ4v) is 8.67. The summed E-state index contributed by atoms with van der Waals surface area (Å²) in [4.78, 5) is 0. The van der Waals surface area contributed by atoms with Crippen molar-refractivity contribution in [2.75, 3.05) is 0 Å². The molecular weight excluding hydrogens is 1580 g/mol. The predicted molar refractivity (Wildman–Crippen MR) is 265 cm³/mol. The van der Waals surface area contributed by atoms with E-state index in [4.69, 9.17) is 0 Å². The van der Waals surface area contributed by atoms with Gasteiger partial charge in [0.25, 0.3) is 0 Å².